The second-order valence-corrected chi connectivity index (χ2v) is 4.15. The van der Waals surface area contributed by atoms with E-state index in [-0.39, 0.29) is 24.0 Å². The number of benzene rings is 1. The number of rotatable bonds is 4. The third-order valence-corrected chi connectivity index (χ3v) is 2.46. The lowest BCUT2D eigenvalue weighted by Crippen LogP contribution is -2.31. The molecule has 1 N–H and O–H groups in total. The van der Waals surface area contributed by atoms with Crippen LogP contribution in [0.1, 0.15) is 12.5 Å². The maximum absolute atomic E-state index is 11.8. The number of carbonyl (C=O) groups is 1. The van der Waals surface area contributed by atoms with Crippen molar-refractivity contribution in [1.29, 1.82) is 5.26 Å². The number of nitriles is 1. The number of hydrogen-bond donors (Lipinski definition) is 1. The van der Waals surface area contributed by atoms with Crippen LogP contribution >= 0.6 is 0 Å². The van der Waals surface area contributed by atoms with Crippen LogP contribution in [0.15, 0.2) is 24.3 Å². The molecule has 0 aromatic heterocycles. The first-order chi connectivity index (χ1) is 8.02. The van der Waals surface area contributed by atoms with Crippen molar-refractivity contribution in [2.75, 3.05) is 13.6 Å². The van der Waals surface area contributed by atoms with Gasteiger partial charge in [0, 0.05) is 13.6 Å². The lowest BCUT2D eigenvalue weighted by Gasteiger charge is -2.18. The van der Waals surface area contributed by atoms with Crippen LogP contribution in [-0.4, -0.2) is 29.5 Å². The number of phenols is 1. The Morgan fingerprint density at radius 1 is 1.59 bits per heavy atom. The fraction of sp³-hybridized carbons (Fsp3) is 0.385. The summed E-state index contributed by atoms with van der Waals surface area (Å²) in [5.41, 5.74) is 0.770. The van der Waals surface area contributed by atoms with Gasteiger partial charge in [0.25, 0.3) is 0 Å². The number of phenolic OH excluding ortho intramolecular Hbond substituents is 1. The second-order valence-electron chi connectivity index (χ2n) is 4.15. The van der Waals surface area contributed by atoms with Crippen LogP contribution in [0.3, 0.4) is 0 Å². The van der Waals surface area contributed by atoms with E-state index in [0.717, 1.165) is 5.56 Å². The molecule has 17 heavy (non-hydrogen) atoms. The number of aromatic hydroxyl groups is 1. The third-order valence-electron chi connectivity index (χ3n) is 2.46. The Morgan fingerprint density at radius 2 is 2.29 bits per heavy atom. The summed E-state index contributed by atoms with van der Waals surface area (Å²) >= 11 is 0. The van der Waals surface area contributed by atoms with Crippen molar-refractivity contribution in [3.63, 3.8) is 0 Å². The lowest BCUT2D eigenvalue weighted by molar-refractivity contribution is -0.129. The average Bonchev–Trinajstić information content (AvgIpc) is 2.28. The Kier molecular flexibility index (Phi) is 4.53. The minimum atomic E-state index is -0.173. The van der Waals surface area contributed by atoms with Crippen LogP contribution in [0.4, 0.5) is 0 Å². The molecule has 1 rings (SSSR count). The van der Waals surface area contributed by atoms with Crippen LogP contribution in [0, 0.1) is 17.2 Å². The molecule has 0 bridgehead atoms. The normalized spacial score (nSPS) is 11.6. The fourth-order valence-electron chi connectivity index (χ4n) is 1.53. The Bertz CT molecular complexity index is 437. The van der Waals surface area contributed by atoms with E-state index in [1.54, 1.807) is 38.2 Å². The molecule has 0 spiro atoms. The number of hydrogen-bond acceptors (Lipinski definition) is 3. The van der Waals surface area contributed by atoms with Crippen molar-refractivity contribution < 1.29 is 9.90 Å². The number of amides is 1. The van der Waals surface area contributed by atoms with Crippen molar-refractivity contribution in [3.8, 4) is 11.8 Å². The monoisotopic (exact) mass is 232 g/mol. The van der Waals surface area contributed by atoms with Crippen molar-refractivity contribution >= 4 is 5.91 Å². The summed E-state index contributed by atoms with van der Waals surface area (Å²) in [6, 6.07) is 8.72. The van der Waals surface area contributed by atoms with E-state index in [1.165, 1.54) is 4.90 Å². The first kappa shape index (κ1) is 13.0. The third kappa shape index (κ3) is 4.15. The van der Waals surface area contributed by atoms with Crippen molar-refractivity contribution in [3.05, 3.63) is 29.8 Å². The van der Waals surface area contributed by atoms with Gasteiger partial charge in [-0.25, -0.2) is 0 Å². The molecule has 0 aliphatic rings. The van der Waals surface area contributed by atoms with Gasteiger partial charge in [0.2, 0.25) is 5.91 Å². The largest absolute Gasteiger partial charge is 0.508 e. The molecular formula is C13H16N2O2. The highest BCUT2D eigenvalue weighted by molar-refractivity contribution is 5.78. The second kappa shape index (κ2) is 5.90. The lowest BCUT2D eigenvalue weighted by atomic mass is 10.1. The molecular weight excluding hydrogens is 216 g/mol. The van der Waals surface area contributed by atoms with Crippen LogP contribution < -0.4 is 0 Å². The summed E-state index contributed by atoms with van der Waals surface area (Å²) in [4.78, 5) is 13.3. The van der Waals surface area contributed by atoms with Gasteiger partial charge in [-0.15, -0.1) is 0 Å². The fourth-order valence-corrected chi connectivity index (χ4v) is 1.53. The molecule has 1 atom stereocenters. The maximum atomic E-state index is 11.8. The van der Waals surface area contributed by atoms with E-state index in [0.29, 0.717) is 6.54 Å². The zero-order chi connectivity index (χ0) is 12.8. The molecule has 90 valence electrons. The Morgan fingerprint density at radius 3 is 2.88 bits per heavy atom. The summed E-state index contributed by atoms with van der Waals surface area (Å²) in [5, 5.41) is 18.0. The highest BCUT2D eigenvalue weighted by Crippen LogP contribution is 2.12. The van der Waals surface area contributed by atoms with E-state index in [9.17, 15) is 9.90 Å². The van der Waals surface area contributed by atoms with Gasteiger partial charge >= 0.3 is 0 Å². The molecule has 0 radical (unpaired) electrons. The van der Waals surface area contributed by atoms with Gasteiger partial charge in [-0.3, -0.25) is 4.79 Å². The Balaban J connectivity index is 2.58. The maximum Gasteiger partial charge on any atom is 0.226 e. The molecule has 0 aliphatic carbocycles. The predicted molar refractivity (Wildman–Crippen MR) is 64.2 cm³/mol. The average molecular weight is 232 g/mol. The summed E-state index contributed by atoms with van der Waals surface area (Å²) in [6.07, 6.45) is 0.239. The van der Waals surface area contributed by atoms with Crippen molar-refractivity contribution in [2.24, 2.45) is 5.92 Å². The van der Waals surface area contributed by atoms with Gasteiger partial charge in [0.05, 0.1) is 18.4 Å². The highest BCUT2D eigenvalue weighted by Gasteiger charge is 2.12. The van der Waals surface area contributed by atoms with Crippen LogP contribution in [-0.2, 0) is 11.2 Å². The molecule has 0 saturated carbocycles. The summed E-state index contributed by atoms with van der Waals surface area (Å²) in [6.45, 7) is 2.20. The van der Waals surface area contributed by atoms with Gasteiger partial charge in [0.15, 0.2) is 0 Å². The van der Waals surface area contributed by atoms with E-state index >= 15 is 0 Å². The zero-order valence-electron chi connectivity index (χ0n) is 10.1. The number of carbonyl (C=O) groups excluding carboxylic acids is 1. The van der Waals surface area contributed by atoms with E-state index in [1.807, 2.05) is 0 Å². The number of nitrogens with zero attached hydrogens (tertiary/aromatic N) is 2. The van der Waals surface area contributed by atoms with Crippen molar-refractivity contribution in [2.45, 2.75) is 13.3 Å². The van der Waals surface area contributed by atoms with Gasteiger partial charge in [-0.05, 0) is 24.6 Å². The molecule has 4 nitrogen and oxygen atoms in total. The molecule has 0 saturated heterocycles. The smallest absolute Gasteiger partial charge is 0.226 e. The molecule has 0 heterocycles. The quantitative estimate of drug-likeness (QED) is 0.856. The van der Waals surface area contributed by atoms with Gasteiger partial charge < -0.3 is 10.0 Å². The minimum absolute atomic E-state index is 0.0577. The highest BCUT2D eigenvalue weighted by atomic mass is 16.3. The minimum Gasteiger partial charge on any atom is -0.508 e. The SMILES string of the molecule is CC(C#N)CN(C)C(=O)Cc1cccc(O)c1. The van der Waals surface area contributed by atoms with Gasteiger partial charge in [-0.2, -0.15) is 5.26 Å². The topological polar surface area (TPSA) is 64.3 Å². The Labute approximate surface area is 101 Å². The van der Waals surface area contributed by atoms with Crippen LogP contribution in [0.25, 0.3) is 0 Å². The van der Waals surface area contributed by atoms with E-state index in [2.05, 4.69) is 6.07 Å². The Hall–Kier alpha value is -2.02. The van der Waals surface area contributed by atoms with E-state index < -0.39 is 0 Å². The predicted octanol–water partition coefficient (Wildman–Crippen LogP) is 1.55. The molecule has 4 heteroatoms. The molecule has 1 aromatic rings. The molecule has 1 amide bonds. The first-order valence-electron chi connectivity index (χ1n) is 5.44. The van der Waals surface area contributed by atoms with Crippen molar-refractivity contribution in [1.82, 2.24) is 4.90 Å². The first-order valence-corrected chi connectivity index (χ1v) is 5.44. The summed E-state index contributed by atoms with van der Waals surface area (Å²) in [5.74, 6) is -0.0748. The molecule has 1 unspecified atom stereocenters. The zero-order valence-corrected chi connectivity index (χ0v) is 10.1. The molecule has 0 aliphatic heterocycles. The van der Waals surface area contributed by atoms with Gasteiger partial charge in [-0.1, -0.05) is 12.1 Å². The number of likely N-dealkylation sites (N-methyl/N-ethyl adjacent to an activating group) is 1. The standard InChI is InChI=1S/C13H16N2O2/c1-10(8-14)9-15(2)13(17)7-11-4-3-5-12(16)6-11/h3-6,10,16H,7,9H2,1-2H3. The molecule has 1 aromatic carbocycles. The van der Waals surface area contributed by atoms with Crippen LogP contribution in [0.5, 0.6) is 5.75 Å². The van der Waals surface area contributed by atoms with Gasteiger partial charge in [0.1, 0.15) is 5.75 Å². The summed E-state index contributed by atoms with van der Waals surface area (Å²) in [7, 11) is 1.68. The van der Waals surface area contributed by atoms with E-state index in [4.69, 9.17) is 5.26 Å². The molecule has 0 fully saturated rings. The van der Waals surface area contributed by atoms with Crippen LogP contribution in [0.2, 0.25) is 0 Å². The summed E-state index contributed by atoms with van der Waals surface area (Å²) < 4.78 is 0.